The topological polar surface area (TPSA) is 99.3 Å². The van der Waals surface area contributed by atoms with Crippen molar-refractivity contribution in [3.05, 3.63) is 51.8 Å². The highest BCUT2D eigenvalue weighted by molar-refractivity contribution is 5.92. The number of carbonyl (C=O) groups excluding carboxylic acids is 1. The molecule has 0 fully saturated rings. The summed E-state index contributed by atoms with van der Waals surface area (Å²) in [6.07, 6.45) is 4.69. The standard InChI is InChI=1S/C15H14N2O4/c1-9(18)16-6-2-3-10-4-5-13-11(7-10)14(19)12(8-17-13)15(20)21/h2-5,7-8H,6H2,1H3,(H,16,18)(H,17,19)(H,20,21). The maximum absolute atomic E-state index is 12.1. The van der Waals surface area contributed by atoms with Crippen molar-refractivity contribution >= 4 is 28.9 Å². The number of pyridine rings is 1. The van der Waals surface area contributed by atoms with E-state index in [1.807, 2.05) is 0 Å². The fraction of sp³-hybridized carbons (Fsp3) is 0.133. The van der Waals surface area contributed by atoms with Crippen molar-refractivity contribution in [1.29, 1.82) is 0 Å². The van der Waals surface area contributed by atoms with Gasteiger partial charge in [-0.1, -0.05) is 18.2 Å². The number of aromatic carboxylic acids is 1. The van der Waals surface area contributed by atoms with Gasteiger partial charge in [0.1, 0.15) is 5.56 Å². The average Bonchev–Trinajstić information content (AvgIpc) is 2.44. The molecule has 21 heavy (non-hydrogen) atoms. The zero-order valence-electron chi connectivity index (χ0n) is 11.3. The lowest BCUT2D eigenvalue weighted by molar-refractivity contribution is -0.118. The Morgan fingerprint density at radius 1 is 1.38 bits per heavy atom. The van der Waals surface area contributed by atoms with E-state index in [4.69, 9.17) is 5.11 Å². The third-order valence-electron chi connectivity index (χ3n) is 2.91. The molecule has 0 aliphatic carbocycles. The second-order valence-corrected chi connectivity index (χ2v) is 4.48. The number of carbonyl (C=O) groups is 2. The summed E-state index contributed by atoms with van der Waals surface area (Å²) in [6.45, 7) is 1.82. The van der Waals surface area contributed by atoms with Crippen molar-refractivity contribution in [2.24, 2.45) is 0 Å². The van der Waals surface area contributed by atoms with Gasteiger partial charge >= 0.3 is 5.97 Å². The third-order valence-corrected chi connectivity index (χ3v) is 2.91. The summed E-state index contributed by atoms with van der Waals surface area (Å²) in [7, 11) is 0. The summed E-state index contributed by atoms with van der Waals surface area (Å²) < 4.78 is 0. The van der Waals surface area contributed by atoms with E-state index >= 15 is 0 Å². The number of benzene rings is 1. The Kier molecular flexibility index (Phi) is 4.18. The number of aromatic nitrogens is 1. The fourth-order valence-electron chi connectivity index (χ4n) is 1.90. The first-order valence-corrected chi connectivity index (χ1v) is 6.29. The first-order chi connectivity index (χ1) is 9.99. The molecule has 2 aromatic rings. The molecule has 0 radical (unpaired) electrons. The number of hydrogen-bond donors (Lipinski definition) is 3. The second kappa shape index (κ2) is 6.04. The van der Waals surface area contributed by atoms with Crippen molar-refractivity contribution in [2.75, 3.05) is 6.54 Å². The van der Waals surface area contributed by atoms with E-state index in [1.165, 1.54) is 13.1 Å². The minimum Gasteiger partial charge on any atom is -0.477 e. The molecular formula is C15H14N2O4. The molecule has 1 heterocycles. The molecule has 6 heteroatoms. The zero-order chi connectivity index (χ0) is 15.4. The Hall–Kier alpha value is -2.89. The van der Waals surface area contributed by atoms with Gasteiger partial charge in [-0.2, -0.15) is 0 Å². The summed E-state index contributed by atoms with van der Waals surface area (Å²) in [4.78, 5) is 36.5. The lowest BCUT2D eigenvalue weighted by Crippen LogP contribution is -2.19. The first kappa shape index (κ1) is 14.5. The fourth-order valence-corrected chi connectivity index (χ4v) is 1.90. The summed E-state index contributed by atoms with van der Waals surface area (Å²) in [5, 5.41) is 11.9. The molecule has 1 aromatic carbocycles. The number of carboxylic acid groups (broad SMARTS) is 1. The van der Waals surface area contributed by atoms with Crippen LogP contribution >= 0.6 is 0 Å². The predicted molar refractivity (Wildman–Crippen MR) is 79.2 cm³/mol. The van der Waals surface area contributed by atoms with E-state index in [1.54, 1.807) is 30.4 Å². The maximum Gasteiger partial charge on any atom is 0.341 e. The van der Waals surface area contributed by atoms with Crippen LogP contribution in [0.4, 0.5) is 0 Å². The minimum atomic E-state index is -1.26. The Balaban J connectivity index is 2.36. The van der Waals surface area contributed by atoms with Crippen LogP contribution in [0.1, 0.15) is 22.8 Å². The molecule has 2 rings (SSSR count). The third kappa shape index (κ3) is 3.36. The Morgan fingerprint density at radius 2 is 2.14 bits per heavy atom. The summed E-state index contributed by atoms with van der Waals surface area (Å²) in [5.41, 5.74) is 0.514. The van der Waals surface area contributed by atoms with Gasteiger partial charge in [0, 0.05) is 30.6 Å². The number of amides is 1. The molecule has 0 atom stereocenters. The van der Waals surface area contributed by atoms with Gasteiger partial charge in [0.15, 0.2) is 0 Å². The van der Waals surface area contributed by atoms with Gasteiger partial charge in [0.2, 0.25) is 11.3 Å². The molecule has 6 nitrogen and oxygen atoms in total. The van der Waals surface area contributed by atoms with Gasteiger partial charge in [-0.05, 0) is 17.7 Å². The lowest BCUT2D eigenvalue weighted by Gasteiger charge is -2.01. The van der Waals surface area contributed by atoms with Crippen LogP contribution in [0.2, 0.25) is 0 Å². The van der Waals surface area contributed by atoms with Crippen LogP contribution in [0, 0.1) is 0 Å². The monoisotopic (exact) mass is 286 g/mol. The number of hydrogen-bond acceptors (Lipinski definition) is 3. The number of carboxylic acids is 1. The minimum absolute atomic E-state index is 0.124. The van der Waals surface area contributed by atoms with Crippen LogP contribution in [0.15, 0.2) is 35.3 Å². The number of H-pyrrole nitrogens is 1. The highest BCUT2D eigenvalue weighted by Gasteiger charge is 2.11. The van der Waals surface area contributed by atoms with Crippen LogP contribution in [0.3, 0.4) is 0 Å². The predicted octanol–water partition coefficient (Wildman–Crippen LogP) is 1.38. The highest BCUT2D eigenvalue weighted by atomic mass is 16.4. The van der Waals surface area contributed by atoms with Crippen molar-refractivity contribution < 1.29 is 14.7 Å². The lowest BCUT2D eigenvalue weighted by atomic mass is 10.1. The smallest absolute Gasteiger partial charge is 0.341 e. The number of rotatable bonds is 4. The average molecular weight is 286 g/mol. The molecule has 1 amide bonds. The molecule has 1 aromatic heterocycles. The number of fused-ring (bicyclic) bond motifs is 1. The van der Waals surface area contributed by atoms with E-state index in [0.29, 0.717) is 17.4 Å². The quantitative estimate of drug-likeness (QED) is 0.790. The Bertz CT molecular complexity index is 790. The molecule has 3 N–H and O–H groups in total. The van der Waals surface area contributed by atoms with Gasteiger partial charge in [-0.15, -0.1) is 0 Å². The first-order valence-electron chi connectivity index (χ1n) is 6.29. The molecule has 0 saturated carbocycles. The molecule has 0 unspecified atom stereocenters. The summed E-state index contributed by atoms with van der Waals surface area (Å²) in [5.74, 6) is -1.38. The van der Waals surface area contributed by atoms with E-state index in [2.05, 4.69) is 10.3 Å². The molecule has 0 saturated heterocycles. The molecule has 0 aliphatic heterocycles. The molecule has 108 valence electrons. The van der Waals surface area contributed by atoms with Crippen molar-refractivity contribution in [2.45, 2.75) is 6.92 Å². The number of nitrogens with one attached hydrogen (secondary N) is 2. The maximum atomic E-state index is 12.1. The normalized spacial score (nSPS) is 10.9. The van der Waals surface area contributed by atoms with Crippen molar-refractivity contribution in [3.8, 4) is 0 Å². The Morgan fingerprint density at radius 3 is 2.81 bits per heavy atom. The van der Waals surface area contributed by atoms with Crippen molar-refractivity contribution in [3.63, 3.8) is 0 Å². The highest BCUT2D eigenvalue weighted by Crippen LogP contribution is 2.12. The van der Waals surface area contributed by atoms with Crippen LogP contribution < -0.4 is 10.7 Å². The Labute approximate surface area is 120 Å². The summed E-state index contributed by atoms with van der Waals surface area (Å²) in [6, 6.07) is 5.12. The number of aromatic amines is 1. The van der Waals surface area contributed by atoms with Gasteiger partial charge < -0.3 is 15.4 Å². The summed E-state index contributed by atoms with van der Waals surface area (Å²) >= 11 is 0. The largest absolute Gasteiger partial charge is 0.477 e. The second-order valence-electron chi connectivity index (χ2n) is 4.48. The molecule has 0 bridgehead atoms. The van der Waals surface area contributed by atoms with Gasteiger partial charge in [-0.3, -0.25) is 9.59 Å². The van der Waals surface area contributed by atoms with Gasteiger partial charge in [-0.25, -0.2) is 4.79 Å². The molecule has 0 spiro atoms. The van der Waals surface area contributed by atoms with Crippen LogP contribution in [-0.2, 0) is 4.79 Å². The van der Waals surface area contributed by atoms with E-state index in [9.17, 15) is 14.4 Å². The molecular weight excluding hydrogens is 272 g/mol. The van der Waals surface area contributed by atoms with Crippen LogP contribution in [0.25, 0.3) is 17.0 Å². The van der Waals surface area contributed by atoms with E-state index in [0.717, 1.165) is 5.56 Å². The van der Waals surface area contributed by atoms with Gasteiger partial charge in [0.05, 0.1) is 0 Å². The SMILES string of the molecule is CC(=O)NCC=Cc1ccc2[nH]cc(C(=O)O)c(=O)c2c1. The van der Waals surface area contributed by atoms with E-state index in [-0.39, 0.29) is 11.5 Å². The van der Waals surface area contributed by atoms with Gasteiger partial charge in [0.25, 0.3) is 0 Å². The van der Waals surface area contributed by atoms with Crippen LogP contribution in [-0.4, -0.2) is 28.5 Å². The van der Waals surface area contributed by atoms with E-state index < -0.39 is 11.4 Å². The van der Waals surface area contributed by atoms with Crippen LogP contribution in [0.5, 0.6) is 0 Å². The molecule has 0 aliphatic rings. The zero-order valence-corrected chi connectivity index (χ0v) is 11.3. The van der Waals surface area contributed by atoms with Crippen molar-refractivity contribution in [1.82, 2.24) is 10.3 Å².